The number of hydrogen-bond donors (Lipinski definition) is 3. The molecule has 3 aromatic rings. The highest BCUT2D eigenvalue weighted by Crippen LogP contribution is 2.42. The third kappa shape index (κ3) is 3.31. The van der Waals surface area contributed by atoms with Crippen molar-refractivity contribution in [2.24, 2.45) is 10.3 Å². The molecule has 7 heteroatoms. The van der Waals surface area contributed by atoms with Crippen LogP contribution >= 0.6 is 0 Å². The SMILES string of the molecule is CC(C)CCc1c(O)c(C2=NS(=O)(=O)c3ccccc3N2)c(O)c2ccccc12. The largest absolute Gasteiger partial charge is 0.507 e. The van der Waals surface area contributed by atoms with Crippen molar-refractivity contribution in [1.82, 2.24) is 0 Å². The van der Waals surface area contributed by atoms with Crippen LogP contribution in [0.25, 0.3) is 10.8 Å². The number of nitrogens with one attached hydrogen (secondary N) is 1. The van der Waals surface area contributed by atoms with Crippen LogP contribution in [0.2, 0.25) is 0 Å². The highest BCUT2D eigenvalue weighted by molar-refractivity contribution is 7.90. The molecule has 3 aromatic carbocycles. The number of sulfonamides is 1. The number of fused-ring (bicyclic) bond motifs is 2. The fourth-order valence-corrected chi connectivity index (χ4v) is 4.73. The van der Waals surface area contributed by atoms with E-state index in [-0.39, 0.29) is 27.8 Å². The quantitative estimate of drug-likeness (QED) is 0.592. The van der Waals surface area contributed by atoms with E-state index < -0.39 is 10.0 Å². The summed E-state index contributed by atoms with van der Waals surface area (Å²) >= 11 is 0. The average molecular weight is 410 g/mol. The number of phenolic OH excluding ortho intramolecular Hbond substituents is 2. The second-order valence-electron chi connectivity index (χ2n) is 7.56. The number of aromatic hydroxyl groups is 2. The molecule has 0 amide bonds. The Morgan fingerprint density at radius 3 is 2.34 bits per heavy atom. The highest BCUT2D eigenvalue weighted by atomic mass is 32.2. The number of phenols is 2. The Labute approximate surface area is 169 Å². The van der Waals surface area contributed by atoms with Crippen LogP contribution in [0.15, 0.2) is 57.8 Å². The smallest absolute Gasteiger partial charge is 0.286 e. The Morgan fingerprint density at radius 1 is 0.966 bits per heavy atom. The van der Waals surface area contributed by atoms with E-state index in [9.17, 15) is 18.6 Å². The molecule has 0 aromatic heterocycles. The first-order valence-corrected chi connectivity index (χ1v) is 10.9. The zero-order valence-corrected chi connectivity index (χ0v) is 17.0. The van der Waals surface area contributed by atoms with Gasteiger partial charge in [0.25, 0.3) is 10.0 Å². The molecule has 29 heavy (non-hydrogen) atoms. The van der Waals surface area contributed by atoms with Crippen molar-refractivity contribution in [2.75, 3.05) is 5.32 Å². The second kappa shape index (κ2) is 7.08. The third-order valence-corrected chi connectivity index (χ3v) is 6.44. The van der Waals surface area contributed by atoms with Crippen molar-refractivity contribution in [3.05, 3.63) is 59.7 Å². The summed E-state index contributed by atoms with van der Waals surface area (Å²) in [7, 11) is -3.96. The summed E-state index contributed by atoms with van der Waals surface area (Å²) in [5.74, 6) is -0.0204. The molecule has 3 N–H and O–H groups in total. The lowest BCUT2D eigenvalue weighted by Gasteiger charge is -2.22. The summed E-state index contributed by atoms with van der Waals surface area (Å²) in [6, 6.07) is 13.6. The third-order valence-electron chi connectivity index (χ3n) is 5.10. The van der Waals surface area contributed by atoms with Crippen molar-refractivity contribution in [2.45, 2.75) is 31.6 Å². The van der Waals surface area contributed by atoms with E-state index in [0.717, 1.165) is 11.8 Å². The second-order valence-corrected chi connectivity index (χ2v) is 9.14. The van der Waals surface area contributed by atoms with Crippen molar-refractivity contribution in [3.63, 3.8) is 0 Å². The summed E-state index contributed by atoms with van der Waals surface area (Å²) in [6.45, 7) is 4.19. The molecule has 0 atom stereocenters. The fourth-order valence-electron chi connectivity index (χ4n) is 3.61. The van der Waals surface area contributed by atoms with Gasteiger partial charge in [0.2, 0.25) is 0 Å². The molecular weight excluding hydrogens is 388 g/mol. The van der Waals surface area contributed by atoms with Gasteiger partial charge in [-0.25, -0.2) is 0 Å². The summed E-state index contributed by atoms with van der Waals surface area (Å²) in [4.78, 5) is 0.0588. The lowest BCUT2D eigenvalue weighted by Crippen LogP contribution is -2.23. The summed E-state index contributed by atoms with van der Waals surface area (Å²) < 4.78 is 29.2. The molecule has 150 valence electrons. The molecular formula is C22H22N2O4S. The topological polar surface area (TPSA) is 99.0 Å². The number of aryl methyl sites for hydroxylation is 1. The van der Waals surface area contributed by atoms with Crippen LogP contribution < -0.4 is 5.32 Å². The first-order valence-electron chi connectivity index (χ1n) is 9.46. The van der Waals surface area contributed by atoms with E-state index in [1.54, 1.807) is 30.3 Å². The molecule has 0 fully saturated rings. The maximum atomic E-state index is 12.7. The number of rotatable bonds is 4. The molecule has 0 radical (unpaired) electrons. The van der Waals surface area contributed by atoms with Crippen molar-refractivity contribution in [3.8, 4) is 11.5 Å². The van der Waals surface area contributed by atoms with Crippen molar-refractivity contribution >= 4 is 32.3 Å². The molecule has 0 unspecified atom stereocenters. The van der Waals surface area contributed by atoms with Gasteiger partial charge in [-0.3, -0.25) is 0 Å². The van der Waals surface area contributed by atoms with Gasteiger partial charge in [0, 0.05) is 10.9 Å². The number of nitrogens with zero attached hydrogens (tertiary/aromatic N) is 1. The van der Waals surface area contributed by atoms with Gasteiger partial charge in [0.1, 0.15) is 22.0 Å². The molecule has 0 aliphatic carbocycles. The van der Waals surface area contributed by atoms with Gasteiger partial charge in [0.15, 0.2) is 5.84 Å². The predicted molar refractivity (Wildman–Crippen MR) is 114 cm³/mol. The van der Waals surface area contributed by atoms with Crippen LogP contribution in [0, 0.1) is 5.92 Å². The molecule has 1 aliphatic rings. The Balaban J connectivity index is 1.96. The van der Waals surface area contributed by atoms with Gasteiger partial charge in [-0.05, 0) is 36.3 Å². The molecule has 6 nitrogen and oxygen atoms in total. The monoisotopic (exact) mass is 410 g/mol. The number of anilines is 1. The molecule has 0 saturated carbocycles. The van der Waals surface area contributed by atoms with Crippen LogP contribution in [0.3, 0.4) is 0 Å². The minimum Gasteiger partial charge on any atom is -0.507 e. The van der Waals surface area contributed by atoms with Gasteiger partial charge < -0.3 is 15.5 Å². The van der Waals surface area contributed by atoms with Crippen LogP contribution in [0.4, 0.5) is 5.69 Å². The Hall–Kier alpha value is -3.06. The summed E-state index contributed by atoms with van der Waals surface area (Å²) in [5.41, 5.74) is 1.02. The van der Waals surface area contributed by atoms with E-state index in [0.29, 0.717) is 29.0 Å². The van der Waals surface area contributed by atoms with Crippen LogP contribution in [-0.4, -0.2) is 24.5 Å². The maximum Gasteiger partial charge on any atom is 0.286 e. The van der Waals surface area contributed by atoms with Gasteiger partial charge in [0.05, 0.1) is 5.69 Å². The lowest BCUT2D eigenvalue weighted by molar-refractivity contribution is 0.446. The van der Waals surface area contributed by atoms with Gasteiger partial charge in [-0.2, -0.15) is 8.42 Å². The molecule has 1 aliphatic heterocycles. The average Bonchev–Trinajstić information content (AvgIpc) is 2.67. The van der Waals surface area contributed by atoms with Gasteiger partial charge in [-0.1, -0.05) is 50.2 Å². The van der Waals surface area contributed by atoms with Crippen LogP contribution in [0.1, 0.15) is 31.4 Å². The number of benzene rings is 3. The summed E-state index contributed by atoms with van der Waals surface area (Å²) in [5, 5.41) is 26.2. The van der Waals surface area contributed by atoms with E-state index in [4.69, 9.17) is 0 Å². The minimum atomic E-state index is -3.96. The van der Waals surface area contributed by atoms with Crippen LogP contribution in [0.5, 0.6) is 11.5 Å². The first kappa shape index (κ1) is 19.3. The highest BCUT2D eigenvalue weighted by Gasteiger charge is 2.30. The Bertz CT molecular complexity index is 1250. The molecule has 0 bridgehead atoms. The molecule has 1 heterocycles. The van der Waals surface area contributed by atoms with Crippen LogP contribution in [-0.2, 0) is 16.4 Å². The van der Waals surface area contributed by atoms with Gasteiger partial charge in [-0.15, -0.1) is 4.40 Å². The zero-order chi connectivity index (χ0) is 20.8. The fraction of sp³-hybridized carbons (Fsp3) is 0.227. The minimum absolute atomic E-state index is 0.000495. The van der Waals surface area contributed by atoms with E-state index in [1.807, 2.05) is 12.1 Å². The number of amidine groups is 1. The first-order chi connectivity index (χ1) is 13.8. The number of hydrogen-bond acceptors (Lipinski definition) is 5. The van der Waals surface area contributed by atoms with Crippen molar-refractivity contribution in [1.29, 1.82) is 0 Å². The Kier molecular flexibility index (Phi) is 4.70. The maximum absolute atomic E-state index is 12.7. The normalized spacial score (nSPS) is 15.1. The van der Waals surface area contributed by atoms with E-state index in [2.05, 4.69) is 23.6 Å². The van der Waals surface area contributed by atoms with Gasteiger partial charge >= 0.3 is 0 Å². The predicted octanol–water partition coefficient (Wildman–Crippen LogP) is 4.40. The summed E-state index contributed by atoms with van der Waals surface area (Å²) in [6.07, 6.45) is 1.43. The van der Waals surface area contributed by atoms with E-state index in [1.165, 1.54) is 6.07 Å². The molecule has 0 spiro atoms. The number of para-hydroxylation sites is 1. The van der Waals surface area contributed by atoms with Crippen molar-refractivity contribution < 1.29 is 18.6 Å². The van der Waals surface area contributed by atoms with E-state index >= 15 is 0 Å². The standard InChI is InChI=1S/C22H22N2O4S/c1-13(2)11-12-16-14-7-3-4-8-15(14)20(25)19(21(16)26)22-23-17-9-5-6-10-18(17)29(27,28)24-22/h3-10,13,25-26H,11-12H2,1-2H3,(H,23,24). The lowest BCUT2D eigenvalue weighted by atomic mass is 9.92. The molecule has 4 rings (SSSR count). The Morgan fingerprint density at radius 2 is 1.62 bits per heavy atom. The zero-order valence-electron chi connectivity index (χ0n) is 16.2. The molecule has 0 saturated heterocycles.